The van der Waals surface area contributed by atoms with E-state index in [1.807, 2.05) is 0 Å². The lowest BCUT2D eigenvalue weighted by Gasteiger charge is -2.36. The minimum absolute atomic E-state index is 0.0847. The third kappa shape index (κ3) is 3.21. The molecule has 0 radical (unpaired) electrons. The maximum absolute atomic E-state index is 13.5. The predicted molar refractivity (Wildman–Crippen MR) is 79.6 cm³/mol. The van der Waals surface area contributed by atoms with Crippen molar-refractivity contribution >= 4 is 17.4 Å². The summed E-state index contributed by atoms with van der Waals surface area (Å²) in [5.41, 5.74) is 0.348. The van der Waals surface area contributed by atoms with Crippen molar-refractivity contribution in [3.63, 3.8) is 0 Å². The van der Waals surface area contributed by atoms with Crippen molar-refractivity contribution < 1.29 is 9.18 Å². The Morgan fingerprint density at radius 2 is 2.10 bits per heavy atom. The smallest absolute Gasteiger partial charge is 0.143 e. The van der Waals surface area contributed by atoms with Crippen molar-refractivity contribution in [1.29, 1.82) is 0 Å². The molecule has 1 saturated heterocycles. The molecule has 0 aliphatic carbocycles. The maximum atomic E-state index is 13.5. The van der Waals surface area contributed by atoms with E-state index in [-0.39, 0.29) is 22.6 Å². The SMILES string of the molecule is CCCC1(C(=O)Cc2cccc(F)c2Cl)CCNCC1. The summed E-state index contributed by atoms with van der Waals surface area (Å²) in [5, 5.41) is 3.38. The Bertz CT molecular complexity index is 478. The van der Waals surface area contributed by atoms with Crippen LogP contribution in [0.25, 0.3) is 0 Å². The lowest BCUT2D eigenvalue weighted by molar-refractivity contribution is -0.130. The average Bonchev–Trinajstić information content (AvgIpc) is 2.45. The van der Waals surface area contributed by atoms with Crippen molar-refractivity contribution in [3.8, 4) is 0 Å². The molecule has 1 aromatic carbocycles. The van der Waals surface area contributed by atoms with Crippen LogP contribution in [0.15, 0.2) is 18.2 Å². The van der Waals surface area contributed by atoms with E-state index in [9.17, 15) is 9.18 Å². The van der Waals surface area contributed by atoms with E-state index in [2.05, 4.69) is 12.2 Å². The first kappa shape index (κ1) is 15.5. The summed E-state index contributed by atoms with van der Waals surface area (Å²) in [4.78, 5) is 12.7. The highest BCUT2D eigenvalue weighted by molar-refractivity contribution is 6.31. The van der Waals surface area contributed by atoms with E-state index in [4.69, 9.17) is 11.6 Å². The van der Waals surface area contributed by atoms with Crippen LogP contribution < -0.4 is 5.32 Å². The number of carbonyl (C=O) groups is 1. The van der Waals surface area contributed by atoms with Gasteiger partial charge in [0, 0.05) is 11.8 Å². The molecule has 1 N–H and O–H groups in total. The normalized spacial score (nSPS) is 17.9. The summed E-state index contributed by atoms with van der Waals surface area (Å²) in [5.74, 6) is -0.250. The van der Waals surface area contributed by atoms with Gasteiger partial charge >= 0.3 is 0 Å². The van der Waals surface area contributed by atoms with Gasteiger partial charge in [0.05, 0.1) is 5.02 Å². The topological polar surface area (TPSA) is 29.1 Å². The van der Waals surface area contributed by atoms with Crippen molar-refractivity contribution in [1.82, 2.24) is 5.32 Å². The van der Waals surface area contributed by atoms with E-state index in [1.165, 1.54) is 6.07 Å². The second-order valence-electron chi connectivity index (χ2n) is 5.59. The molecule has 1 fully saturated rings. The quantitative estimate of drug-likeness (QED) is 0.896. The molecule has 0 atom stereocenters. The van der Waals surface area contributed by atoms with Gasteiger partial charge in [0.2, 0.25) is 0 Å². The Morgan fingerprint density at radius 1 is 1.40 bits per heavy atom. The van der Waals surface area contributed by atoms with Gasteiger partial charge in [-0.05, 0) is 44.0 Å². The molecular weight excluding hydrogens is 277 g/mol. The van der Waals surface area contributed by atoms with Gasteiger partial charge in [-0.25, -0.2) is 4.39 Å². The highest BCUT2D eigenvalue weighted by Crippen LogP contribution is 2.36. The minimum atomic E-state index is -0.452. The van der Waals surface area contributed by atoms with Crippen LogP contribution in [0.1, 0.15) is 38.2 Å². The summed E-state index contributed by atoms with van der Waals surface area (Å²) in [6.07, 6.45) is 3.86. The third-order valence-corrected chi connectivity index (χ3v) is 4.69. The Kier molecular flexibility index (Phi) is 5.17. The molecule has 110 valence electrons. The van der Waals surface area contributed by atoms with Gasteiger partial charge in [0.15, 0.2) is 0 Å². The molecule has 1 aliphatic rings. The van der Waals surface area contributed by atoms with Gasteiger partial charge in [0.25, 0.3) is 0 Å². The standard InChI is InChI=1S/C16H21ClFNO/c1-2-6-16(7-9-19-10-8-16)14(20)11-12-4-3-5-13(18)15(12)17/h3-5,19H,2,6-11H2,1H3. The summed E-state index contributed by atoms with van der Waals surface area (Å²) in [7, 11) is 0. The molecule has 0 aromatic heterocycles. The second-order valence-corrected chi connectivity index (χ2v) is 5.97. The highest BCUT2D eigenvalue weighted by Gasteiger charge is 2.38. The Balaban J connectivity index is 2.18. The number of carbonyl (C=O) groups excluding carboxylic acids is 1. The number of halogens is 2. The van der Waals surface area contributed by atoms with Crippen molar-refractivity contribution in [3.05, 3.63) is 34.6 Å². The number of nitrogens with one attached hydrogen (secondary N) is 1. The highest BCUT2D eigenvalue weighted by atomic mass is 35.5. The Morgan fingerprint density at radius 3 is 2.75 bits per heavy atom. The molecule has 4 heteroatoms. The monoisotopic (exact) mass is 297 g/mol. The molecule has 0 unspecified atom stereocenters. The summed E-state index contributed by atoms with van der Waals surface area (Å²) >= 11 is 5.96. The number of ketones is 1. The maximum Gasteiger partial charge on any atom is 0.143 e. The van der Waals surface area contributed by atoms with E-state index in [0.29, 0.717) is 5.56 Å². The average molecular weight is 298 g/mol. The fraction of sp³-hybridized carbons (Fsp3) is 0.562. The van der Waals surface area contributed by atoms with Crippen LogP contribution in [0.3, 0.4) is 0 Å². The molecule has 0 saturated carbocycles. The molecule has 1 heterocycles. The van der Waals surface area contributed by atoms with E-state index < -0.39 is 5.82 Å². The van der Waals surface area contributed by atoms with Crippen LogP contribution in [-0.2, 0) is 11.2 Å². The lowest BCUT2D eigenvalue weighted by atomic mass is 9.70. The number of Topliss-reactive ketones (excluding diaryl/α,β-unsaturated/α-hetero) is 1. The molecule has 0 spiro atoms. The fourth-order valence-electron chi connectivity index (χ4n) is 3.10. The Labute approximate surface area is 124 Å². The third-order valence-electron chi connectivity index (χ3n) is 4.26. The zero-order valence-electron chi connectivity index (χ0n) is 11.8. The van der Waals surface area contributed by atoms with Crippen LogP contribution in [-0.4, -0.2) is 18.9 Å². The Hall–Kier alpha value is -0.930. The molecule has 2 nitrogen and oxygen atoms in total. The zero-order chi connectivity index (χ0) is 14.6. The van der Waals surface area contributed by atoms with Crippen LogP contribution in [0.4, 0.5) is 4.39 Å². The molecule has 20 heavy (non-hydrogen) atoms. The van der Waals surface area contributed by atoms with Gasteiger partial charge < -0.3 is 5.32 Å². The largest absolute Gasteiger partial charge is 0.317 e. The number of hydrogen-bond acceptors (Lipinski definition) is 2. The summed E-state index contributed by atoms with van der Waals surface area (Å²) in [6.45, 7) is 3.86. The first-order chi connectivity index (χ1) is 9.59. The fourth-order valence-corrected chi connectivity index (χ4v) is 3.29. The first-order valence-corrected chi connectivity index (χ1v) is 7.64. The molecule has 0 amide bonds. The van der Waals surface area contributed by atoms with Gasteiger partial charge in [-0.3, -0.25) is 4.79 Å². The minimum Gasteiger partial charge on any atom is -0.317 e. The summed E-state index contributed by atoms with van der Waals surface area (Å²) in [6, 6.07) is 4.67. The number of hydrogen-bond donors (Lipinski definition) is 1. The molecule has 0 bridgehead atoms. The van der Waals surface area contributed by atoms with Gasteiger partial charge in [-0.2, -0.15) is 0 Å². The number of benzene rings is 1. The number of piperidine rings is 1. The lowest BCUT2D eigenvalue weighted by Crippen LogP contribution is -2.42. The number of rotatable bonds is 5. The van der Waals surface area contributed by atoms with Crippen molar-refractivity contribution in [2.24, 2.45) is 5.41 Å². The molecular formula is C16H21ClFNO. The first-order valence-electron chi connectivity index (χ1n) is 7.26. The predicted octanol–water partition coefficient (Wildman–Crippen LogP) is 3.76. The van der Waals surface area contributed by atoms with E-state index in [1.54, 1.807) is 12.1 Å². The van der Waals surface area contributed by atoms with Crippen LogP contribution in [0.2, 0.25) is 5.02 Å². The van der Waals surface area contributed by atoms with Gasteiger partial charge in [-0.1, -0.05) is 37.1 Å². The van der Waals surface area contributed by atoms with E-state index in [0.717, 1.165) is 38.8 Å². The molecule has 2 rings (SSSR count). The second kappa shape index (κ2) is 6.68. The van der Waals surface area contributed by atoms with Crippen LogP contribution in [0, 0.1) is 11.2 Å². The zero-order valence-corrected chi connectivity index (χ0v) is 12.6. The van der Waals surface area contributed by atoms with Crippen LogP contribution >= 0.6 is 11.6 Å². The van der Waals surface area contributed by atoms with Crippen LogP contribution in [0.5, 0.6) is 0 Å². The summed E-state index contributed by atoms with van der Waals surface area (Å²) < 4.78 is 13.5. The van der Waals surface area contributed by atoms with Crippen molar-refractivity contribution in [2.75, 3.05) is 13.1 Å². The van der Waals surface area contributed by atoms with Gasteiger partial charge in [0.1, 0.15) is 11.6 Å². The van der Waals surface area contributed by atoms with E-state index >= 15 is 0 Å². The molecule has 1 aliphatic heterocycles. The van der Waals surface area contributed by atoms with Gasteiger partial charge in [-0.15, -0.1) is 0 Å². The molecule has 1 aromatic rings. The van der Waals surface area contributed by atoms with Crippen molar-refractivity contribution in [2.45, 2.75) is 39.0 Å².